The lowest BCUT2D eigenvalue weighted by molar-refractivity contribution is 0.173. The molecular formula is C12H15NO3. The first-order valence-electron chi connectivity index (χ1n) is 5.56. The highest BCUT2D eigenvalue weighted by molar-refractivity contribution is 5.54. The number of hydrogen-bond acceptors (Lipinski definition) is 4. The Labute approximate surface area is 94.5 Å². The van der Waals surface area contributed by atoms with E-state index >= 15 is 0 Å². The molecule has 1 atom stereocenters. The van der Waals surface area contributed by atoms with Crippen LogP contribution in [0.5, 0.6) is 17.2 Å². The zero-order valence-corrected chi connectivity index (χ0v) is 9.29. The average molecular weight is 221 g/mol. The van der Waals surface area contributed by atoms with Gasteiger partial charge < -0.3 is 19.5 Å². The van der Waals surface area contributed by atoms with Crippen LogP contribution < -0.4 is 19.5 Å². The maximum atomic E-state index is 5.54. The van der Waals surface area contributed by atoms with Crippen LogP contribution in [-0.4, -0.2) is 27.0 Å². The van der Waals surface area contributed by atoms with Crippen LogP contribution in [0.25, 0.3) is 0 Å². The van der Waals surface area contributed by atoms with Crippen molar-refractivity contribution in [3.63, 3.8) is 0 Å². The minimum absolute atomic E-state index is 0.315. The zero-order valence-electron chi connectivity index (χ0n) is 9.29. The summed E-state index contributed by atoms with van der Waals surface area (Å²) in [6, 6.07) is 3.94. The molecule has 2 heterocycles. The maximum Gasteiger partial charge on any atom is 0.231 e. The van der Waals surface area contributed by atoms with Crippen LogP contribution in [0.15, 0.2) is 12.1 Å². The van der Waals surface area contributed by atoms with E-state index < -0.39 is 0 Å². The van der Waals surface area contributed by atoms with E-state index in [2.05, 4.69) is 11.4 Å². The maximum absolute atomic E-state index is 5.54. The SMILES string of the molecule is COc1cc2c(c(C3CCNC3)c1)OCO2. The molecule has 1 unspecified atom stereocenters. The quantitative estimate of drug-likeness (QED) is 0.821. The van der Waals surface area contributed by atoms with E-state index in [4.69, 9.17) is 14.2 Å². The summed E-state index contributed by atoms with van der Waals surface area (Å²) in [5.41, 5.74) is 1.21. The standard InChI is InChI=1S/C12H15NO3/c1-14-9-4-10(8-2-3-13-6-8)12-11(5-9)15-7-16-12/h4-5,8,13H,2-3,6-7H2,1H3. The van der Waals surface area contributed by atoms with Crippen LogP contribution in [0, 0.1) is 0 Å². The van der Waals surface area contributed by atoms with E-state index in [1.54, 1.807) is 7.11 Å². The van der Waals surface area contributed by atoms with Gasteiger partial charge in [-0.05, 0) is 19.0 Å². The summed E-state index contributed by atoms with van der Waals surface area (Å²) in [5.74, 6) is 3.05. The van der Waals surface area contributed by atoms with Gasteiger partial charge in [0.2, 0.25) is 6.79 Å². The fourth-order valence-corrected chi connectivity index (χ4v) is 2.35. The van der Waals surface area contributed by atoms with Gasteiger partial charge >= 0.3 is 0 Å². The molecule has 2 aliphatic heterocycles. The zero-order chi connectivity index (χ0) is 11.0. The first-order valence-corrected chi connectivity index (χ1v) is 5.56. The summed E-state index contributed by atoms with van der Waals surface area (Å²) in [6.45, 7) is 2.39. The van der Waals surface area contributed by atoms with Crippen molar-refractivity contribution in [2.45, 2.75) is 12.3 Å². The predicted octanol–water partition coefficient (Wildman–Crippen LogP) is 1.50. The van der Waals surface area contributed by atoms with Crippen molar-refractivity contribution in [2.75, 3.05) is 27.0 Å². The van der Waals surface area contributed by atoms with Crippen LogP contribution in [-0.2, 0) is 0 Å². The summed E-state index contributed by atoms with van der Waals surface area (Å²) >= 11 is 0. The van der Waals surface area contributed by atoms with Crippen molar-refractivity contribution in [1.29, 1.82) is 0 Å². The summed E-state index contributed by atoms with van der Waals surface area (Å²) in [7, 11) is 1.67. The van der Waals surface area contributed by atoms with Gasteiger partial charge in [0, 0.05) is 24.1 Å². The molecule has 1 aromatic rings. The van der Waals surface area contributed by atoms with E-state index in [1.807, 2.05) is 6.07 Å². The van der Waals surface area contributed by atoms with Crippen LogP contribution >= 0.6 is 0 Å². The van der Waals surface area contributed by atoms with Gasteiger partial charge in [-0.3, -0.25) is 0 Å². The molecule has 1 fully saturated rings. The van der Waals surface area contributed by atoms with Crippen LogP contribution in [0.1, 0.15) is 17.9 Å². The minimum Gasteiger partial charge on any atom is -0.497 e. The largest absolute Gasteiger partial charge is 0.497 e. The van der Waals surface area contributed by atoms with Crippen LogP contribution in [0.2, 0.25) is 0 Å². The number of rotatable bonds is 2. The highest BCUT2D eigenvalue weighted by Crippen LogP contribution is 2.43. The number of ether oxygens (including phenoxy) is 3. The number of fused-ring (bicyclic) bond motifs is 1. The Morgan fingerprint density at radius 3 is 3.06 bits per heavy atom. The molecule has 1 saturated heterocycles. The molecular weight excluding hydrogens is 206 g/mol. The highest BCUT2D eigenvalue weighted by Gasteiger charge is 2.26. The van der Waals surface area contributed by atoms with Gasteiger partial charge in [-0.2, -0.15) is 0 Å². The smallest absolute Gasteiger partial charge is 0.231 e. The van der Waals surface area contributed by atoms with Crippen LogP contribution in [0.3, 0.4) is 0 Å². The summed E-state index contributed by atoms with van der Waals surface area (Å²) in [5, 5.41) is 3.36. The fourth-order valence-electron chi connectivity index (χ4n) is 2.35. The first-order chi connectivity index (χ1) is 7.88. The van der Waals surface area contributed by atoms with Gasteiger partial charge in [0.15, 0.2) is 11.5 Å². The van der Waals surface area contributed by atoms with Crippen molar-refractivity contribution >= 4 is 0 Å². The topological polar surface area (TPSA) is 39.7 Å². The molecule has 4 heteroatoms. The number of nitrogens with one attached hydrogen (secondary N) is 1. The first kappa shape index (κ1) is 9.78. The Balaban J connectivity index is 2.04. The second-order valence-electron chi connectivity index (χ2n) is 4.14. The molecule has 0 radical (unpaired) electrons. The minimum atomic E-state index is 0.315. The molecule has 2 aliphatic rings. The lowest BCUT2D eigenvalue weighted by Gasteiger charge is -2.13. The molecule has 0 bridgehead atoms. The van der Waals surface area contributed by atoms with Gasteiger partial charge in [0.05, 0.1) is 7.11 Å². The van der Waals surface area contributed by atoms with Gasteiger partial charge in [-0.25, -0.2) is 0 Å². The third-order valence-electron chi connectivity index (χ3n) is 3.21. The Bertz CT molecular complexity index is 399. The highest BCUT2D eigenvalue weighted by atomic mass is 16.7. The van der Waals surface area contributed by atoms with E-state index in [1.165, 1.54) is 5.56 Å². The molecule has 4 nitrogen and oxygen atoms in total. The Morgan fingerprint density at radius 2 is 2.31 bits per heavy atom. The predicted molar refractivity (Wildman–Crippen MR) is 59.3 cm³/mol. The number of methoxy groups -OCH3 is 1. The second-order valence-corrected chi connectivity index (χ2v) is 4.14. The normalized spacial score (nSPS) is 22.4. The molecule has 0 amide bonds. The molecule has 16 heavy (non-hydrogen) atoms. The van der Waals surface area contributed by atoms with Gasteiger partial charge in [0.25, 0.3) is 0 Å². The second kappa shape index (κ2) is 3.87. The molecule has 0 saturated carbocycles. The summed E-state index contributed by atoms with van der Waals surface area (Å²) in [4.78, 5) is 0. The van der Waals surface area contributed by atoms with Crippen molar-refractivity contribution < 1.29 is 14.2 Å². The lowest BCUT2D eigenvalue weighted by atomic mass is 9.97. The summed E-state index contributed by atoms with van der Waals surface area (Å²) in [6.07, 6.45) is 1.14. The van der Waals surface area contributed by atoms with Gasteiger partial charge in [-0.1, -0.05) is 0 Å². The number of hydrogen-bond donors (Lipinski definition) is 1. The van der Waals surface area contributed by atoms with Crippen molar-refractivity contribution in [1.82, 2.24) is 5.32 Å². The molecule has 3 rings (SSSR count). The Kier molecular flexibility index (Phi) is 2.36. The van der Waals surface area contributed by atoms with Crippen molar-refractivity contribution in [3.8, 4) is 17.2 Å². The summed E-state index contributed by atoms with van der Waals surface area (Å²) < 4.78 is 16.2. The van der Waals surface area contributed by atoms with Crippen molar-refractivity contribution in [3.05, 3.63) is 17.7 Å². The molecule has 0 spiro atoms. The van der Waals surface area contributed by atoms with Gasteiger partial charge in [-0.15, -0.1) is 0 Å². The van der Waals surface area contributed by atoms with E-state index in [0.29, 0.717) is 12.7 Å². The monoisotopic (exact) mass is 221 g/mol. The van der Waals surface area contributed by atoms with E-state index in [0.717, 1.165) is 36.8 Å². The third-order valence-corrected chi connectivity index (χ3v) is 3.21. The Hall–Kier alpha value is -1.42. The van der Waals surface area contributed by atoms with Crippen molar-refractivity contribution in [2.24, 2.45) is 0 Å². The lowest BCUT2D eigenvalue weighted by Crippen LogP contribution is -2.08. The van der Waals surface area contributed by atoms with Crippen LogP contribution in [0.4, 0.5) is 0 Å². The fraction of sp³-hybridized carbons (Fsp3) is 0.500. The average Bonchev–Trinajstić information content (AvgIpc) is 2.98. The Morgan fingerprint density at radius 1 is 1.38 bits per heavy atom. The third kappa shape index (κ3) is 1.50. The molecule has 86 valence electrons. The number of benzene rings is 1. The molecule has 1 N–H and O–H groups in total. The van der Waals surface area contributed by atoms with E-state index in [-0.39, 0.29) is 0 Å². The molecule has 1 aromatic carbocycles. The van der Waals surface area contributed by atoms with Gasteiger partial charge in [0.1, 0.15) is 5.75 Å². The molecule has 0 aliphatic carbocycles. The molecule has 0 aromatic heterocycles. The van der Waals surface area contributed by atoms with E-state index in [9.17, 15) is 0 Å².